The SMILES string of the molecule is CC(=O)c1cccc(NC(=O)NC[C@H](N)C(=O)N2CCC[C@@H](Cc3ccc(F)cc3)C2)c1. The number of likely N-dealkylation sites (tertiary alicyclic amines) is 1. The Morgan fingerprint density at radius 3 is 2.66 bits per heavy atom. The third kappa shape index (κ3) is 6.62. The molecule has 8 heteroatoms. The fourth-order valence-corrected chi connectivity index (χ4v) is 3.90. The highest BCUT2D eigenvalue weighted by Gasteiger charge is 2.27. The van der Waals surface area contributed by atoms with Crippen LogP contribution in [0.5, 0.6) is 0 Å². The molecule has 2 atom stereocenters. The van der Waals surface area contributed by atoms with Crippen LogP contribution >= 0.6 is 0 Å². The number of piperidine rings is 1. The molecule has 1 saturated heterocycles. The first-order chi connectivity index (χ1) is 15.3. The number of urea groups is 1. The molecule has 4 N–H and O–H groups in total. The molecule has 1 heterocycles. The average Bonchev–Trinajstić information content (AvgIpc) is 2.79. The molecule has 2 aromatic rings. The zero-order chi connectivity index (χ0) is 23.1. The lowest BCUT2D eigenvalue weighted by atomic mass is 9.91. The minimum atomic E-state index is -0.853. The second-order valence-electron chi connectivity index (χ2n) is 8.20. The number of rotatable bonds is 7. The summed E-state index contributed by atoms with van der Waals surface area (Å²) < 4.78 is 13.1. The zero-order valence-corrected chi connectivity index (χ0v) is 18.1. The number of halogens is 1. The minimum absolute atomic E-state index is 0.00378. The predicted molar refractivity (Wildman–Crippen MR) is 121 cm³/mol. The normalized spacial score (nSPS) is 16.8. The quantitative estimate of drug-likeness (QED) is 0.576. The lowest BCUT2D eigenvalue weighted by molar-refractivity contribution is -0.134. The van der Waals surface area contributed by atoms with Crippen molar-refractivity contribution < 1.29 is 18.8 Å². The van der Waals surface area contributed by atoms with E-state index in [1.54, 1.807) is 41.3 Å². The van der Waals surface area contributed by atoms with Crippen molar-refractivity contribution in [2.45, 2.75) is 32.2 Å². The van der Waals surface area contributed by atoms with Crippen molar-refractivity contribution in [2.24, 2.45) is 11.7 Å². The first-order valence-corrected chi connectivity index (χ1v) is 10.8. The third-order valence-electron chi connectivity index (χ3n) is 5.59. The molecule has 1 aliphatic rings. The van der Waals surface area contributed by atoms with Gasteiger partial charge in [-0.05, 0) is 61.9 Å². The number of benzene rings is 2. The monoisotopic (exact) mass is 440 g/mol. The summed E-state index contributed by atoms with van der Waals surface area (Å²) in [5, 5.41) is 5.25. The number of anilines is 1. The second kappa shape index (κ2) is 10.9. The van der Waals surface area contributed by atoms with Crippen LogP contribution < -0.4 is 16.4 Å². The van der Waals surface area contributed by atoms with E-state index in [1.807, 2.05) is 0 Å². The predicted octanol–water partition coefficient (Wildman–Crippen LogP) is 2.96. The van der Waals surface area contributed by atoms with Crippen molar-refractivity contribution in [1.29, 1.82) is 0 Å². The topological polar surface area (TPSA) is 105 Å². The molecule has 0 unspecified atom stereocenters. The Hall–Kier alpha value is -3.26. The standard InChI is InChI=1S/C24H29FN4O3/c1-16(30)19-5-2-6-21(13-19)28-24(32)27-14-22(26)23(31)29-11-3-4-18(15-29)12-17-7-9-20(25)10-8-17/h2,5-10,13,18,22H,3-4,11-12,14-15,26H2,1H3,(H2,27,28,32)/t18-,22-/m0/s1. The van der Waals surface area contributed by atoms with Gasteiger partial charge < -0.3 is 21.3 Å². The van der Waals surface area contributed by atoms with Crippen molar-refractivity contribution >= 4 is 23.4 Å². The summed E-state index contributed by atoms with van der Waals surface area (Å²) in [5.74, 6) is -0.271. The Balaban J connectivity index is 1.47. The van der Waals surface area contributed by atoms with Gasteiger partial charge >= 0.3 is 6.03 Å². The number of nitrogens with two attached hydrogens (primary N) is 1. The summed E-state index contributed by atoms with van der Waals surface area (Å²) >= 11 is 0. The number of amides is 3. The highest BCUT2D eigenvalue weighted by atomic mass is 19.1. The molecule has 7 nitrogen and oxygen atoms in total. The molecule has 2 aromatic carbocycles. The van der Waals surface area contributed by atoms with E-state index in [4.69, 9.17) is 5.73 Å². The van der Waals surface area contributed by atoms with Gasteiger partial charge in [0.25, 0.3) is 0 Å². The number of Topliss-reactive ketones (excluding diaryl/α,β-unsaturated/α-hetero) is 1. The molecule has 0 saturated carbocycles. The van der Waals surface area contributed by atoms with E-state index < -0.39 is 12.1 Å². The highest BCUT2D eigenvalue weighted by Crippen LogP contribution is 2.21. The van der Waals surface area contributed by atoms with Crippen LogP contribution in [0.2, 0.25) is 0 Å². The number of nitrogens with one attached hydrogen (secondary N) is 2. The van der Waals surface area contributed by atoms with Gasteiger partial charge in [0.2, 0.25) is 5.91 Å². The Labute approximate surface area is 187 Å². The zero-order valence-electron chi connectivity index (χ0n) is 18.1. The maximum Gasteiger partial charge on any atom is 0.319 e. The van der Waals surface area contributed by atoms with E-state index >= 15 is 0 Å². The first kappa shape index (κ1) is 23.4. The van der Waals surface area contributed by atoms with Gasteiger partial charge in [0.15, 0.2) is 5.78 Å². The molecular formula is C24H29FN4O3. The molecule has 0 radical (unpaired) electrons. The van der Waals surface area contributed by atoms with Crippen LogP contribution in [0, 0.1) is 11.7 Å². The van der Waals surface area contributed by atoms with Gasteiger partial charge in [0, 0.05) is 30.9 Å². The molecule has 0 spiro atoms. The molecule has 0 bridgehead atoms. The largest absolute Gasteiger partial charge is 0.341 e. The Morgan fingerprint density at radius 1 is 1.19 bits per heavy atom. The second-order valence-corrected chi connectivity index (χ2v) is 8.20. The number of carbonyl (C=O) groups is 3. The number of hydrogen-bond acceptors (Lipinski definition) is 4. The van der Waals surface area contributed by atoms with Crippen LogP contribution in [0.3, 0.4) is 0 Å². The van der Waals surface area contributed by atoms with E-state index in [2.05, 4.69) is 10.6 Å². The summed E-state index contributed by atoms with van der Waals surface area (Å²) in [5.41, 5.74) is 8.07. The maximum absolute atomic E-state index is 13.1. The molecular weight excluding hydrogens is 411 g/mol. The summed E-state index contributed by atoms with van der Waals surface area (Å²) in [6.45, 7) is 2.68. The van der Waals surface area contributed by atoms with E-state index in [1.165, 1.54) is 19.1 Å². The molecule has 0 aliphatic carbocycles. The molecule has 1 aliphatic heterocycles. The molecule has 0 aromatic heterocycles. The molecule has 1 fully saturated rings. The van der Waals surface area contributed by atoms with Gasteiger partial charge in [0.1, 0.15) is 11.9 Å². The Morgan fingerprint density at radius 2 is 1.94 bits per heavy atom. The van der Waals surface area contributed by atoms with Gasteiger partial charge in [-0.25, -0.2) is 9.18 Å². The smallest absolute Gasteiger partial charge is 0.319 e. The fourth-order valence-electron chi connectivity index (χ4n) is 3.90. The van der Waals surface area contributed by atoms with Gasteiger partial charge in [-0.15, -0.1) is 0 Å². The molecule has 32 heavy (non-hydrogen) atoms. The van der Waals surface area contributed by atoms with Crippen molar-refractivity contribution in [3.63, 3.8) is 0 Å². The first-order valence-electron chi connectivity index (χ1n) is 10.8. The van der Waals surface area contributed by atoms with Gasteiger partial charge in [0.05, 0.1) is 0 Å². The van der Waals surface area contributed by atoms with Gasteiger partial charge in [-0.3, -0.25) is 9.59 Å². The van der Waals surface area contributed by atoms with Crippen LogP contribution in [0.25, 0.3) is 0 Å². The summed E-state index contributed by atoms with van der Waals surface area (Å²) in [4.78, 5) is 38.1. The average molecular weight is 441 g/mol. The Bertz CT molecular complexity index is 964. The fraction of sp³-hybridized carbons (Fsp3) is 0.375. The van der Waals surface area contributed by atoms with Crippen molar-refractivity contribution in [3.05, 3.63) is 65.5 Å². The lowest BCUT2D eigenvalue weighted by Crippen LogP contribution is -2.52. The van der Waals surface area contributed by atoms with Gasteiger partial charge in [-0.2, -0.15) is 0 Å². The van der Waals surface area contributed by atoms with E-state index in [-0.39, 0.29) is 30.0 Å². The number of hydrogen-bond donors (Lipinski definition) is 3. The molecule has 170 valence electrons. The summed E-state index contributed by atoms with van der Waals surface area (Å²) in [6.07, 6.45) is 2.65. The van der Waals surface area contributed by atoms with Crippen LogP contribution in [-0.4, -0.2) is 48.3 Å². The van der Waals surface area contributed by atoms with Crippen molar-refractivity contribution in [1.82, 2.24) is 10.2 Å². The van der Waals surface area contributed by atoms with Crippen LogP contribution in [-0.2, 0) is 11.2 Å². The van der Waals surface area contributed by atoms with Crippen LogP contribution in [0.4, 0.5) is 14.9 Å². The minimum Gasteiger partial charge on any atom is -0.341 e. The third-order valence-corrected chi connectivity index (χ3v) is 5.59. The van der Waals surface area contributed by atoms with E-state index in [9.17, 15) is 18.8 Å². The number of ketones is 1. The summed E-state index contributed by atoms with van der Waals surface area (Å²) in [7, 11) is 0. The maximum atomic E-state index is 13.1. The van der Waals surface area contributed by atoms with Crippen LogP contribution in [0.1, 0.15) is 35.7 Å². The molecule has 3 rings (SSSR count). The van der Waals surface area contributed by atoms with E-state index in [0.717, 1.165) is 24.8 Å². The summed E-state index contributed by atoms with van der Waals surface area (Å²) in [6, 6.07) is 11.7. The number of carbonyl (C=O) groups excluding carboxylic acids is 3. The lowest BCUT2D eigenvalue weighted by Gasteiger charge is -2.34. The molecule has 3 amide bonds. The highest BCUT2D eigenvalue weighted by molar-refractivity contribution is 5.96. The van der Waals surface area contributed by atoms with E-state index in [0.29, 0.717) is 24.3 Å². The number of nitrogens with zero attached hydrogens (tertiary/aromatic N) is 1. The van der Waals surface area contributed by atoms with Gasteiger partial charge in [-0.1, -0.05) is 24.3 Å². The van der Waals surface area contributed by atoms with Crippen LogP contribution in [0.15, 0.2) is 48.5 Å². The van der Waals surface area contributed by atoms with Crippen molar-refractivity contribution in [3.8, 4) is 0 Å². The Kier molecular flexibility index (Phi) is 7.94. The van der Waals surface area contributed by atoms with Crippen molar-refractivity contribution in [2.75, 3.05) is 25.0 Å².